The molecule has 0 aliphatic carbocycles. The number of aromatic amines is 1. The van der Waals surface area contributed by atoms with Gasteiger partial charge in [0.25, 0.3) is 0 Å². The van der Waals surface area contributed by atoms with Gasteiger partial charge in [-0.3, -0.25) is 5.10 Å². The fraction of sp³-hybridized carbons (Fsp3) is 0.105. The lowest BCUT2D eigenvalue weighted by Gasteiger charge is -2.19. The molecule has 6 nitrogen and oxygen atoms in total. The predicted molar refractivity (Wildman–Crippen MR) is 99.4 cm³/mol. The summed E-state index contributed by atoms with van der Waals surface area (Å²) in [5.41, 5.74) is 3.41. The Balaban J connectivity index is 1.67. The highest BCUT2D eigenvalue weighted by Gasteiger charge is 2.15. The molecule has 0 aliphatic rings. The summed E-state index contributed by atoms with van der Waals surface area (Å²) in [5.74, 6) is -0.00109. The van der Waals surface area contributed by atoms with Gasteiger partial charge in [0, 0.05) is 23.8 Å². The van der Waals surface area contributed by atoms with Crippen molar-refractivity contribution in [2.75, 3.05) is 17.3 Å². The van der Waals surface area contributed by atoms with Gasteiger partial charge in [-0.2, -0.15) is 10.1 Å². The highest BCUT2D eigenvalue weighted by atomic mass is 19.1. The number of benzene rings is 2. The Morgan fingerprint density at radius 3 is 2.81 bits per heavy atom. The van der Waals surface area contributed by atoms with Crippen molar-refractivity contribution in [3.63, 3.8) is 0 Å². The lowest BCUT2D eigenvalue weighted by molar-refractivity contribution is 0.614. The number of nitrogens with one attached hydrogen (secondary N) is 2. The molecule has 0 unspecified atom stereocenters. The first kappa shape index (κ1) is 16.0. The molecule has 0 saturated carbocycles. The molecule has 4 rings (SSSR count). The van der Waals surface area contributed by atoms with Crippen molar-refractivity contribution in [2.45, 2.75) is 6.92 Å². The minimum Gasteiger partial charge on any atom is -0.327 e. The molecule has 7 heteroatoms. The topological polar surface area (TPSA) is 69.7 Å². The number of rotatable bonds is 4. The lowest BCUT2D eigenvalue weighted by atomic mass is 10.2. The van der Waals surface area contributed by atoms with Crippen LogP contribution in [0.3, 0.4) is 0 Å². The number of hydrogen-bond donors (Lipinski definition) is 2. The van der Waals surface area contributed by atoms with Crippen LogP contribution < -0.4 is 10.2 Å². The minimum atomic E-state index is -0.500. The molecule has 1 radical (unpaired) electrons. The van der Waals surface area contributed by atoms with Gasteiger partial charge in [0.1, 0.15) is 0 Å². The fourth-order valence-corrected chi connectivity index (χ4v) is 2.73. The van der Waals surface area contributed by atoms with Crippen LogP contribution in [0.2, 0.25) is 0 Å². The van der Waals surface area contributed by atoms with E-state index in [4.69, 9.17) is 0 Å². The number of aryl methyl sites for hydroxylation is 1. The zero-order valence-corrected chi connectivity index (χ0v) is 14.3. The van der Waals surface area contributed by atoms with Crippen molar-refractivity contribution in [3.05, 3.63) is 66.2 Å². The smallest absolute Gasteiger partial charge is 0.229 e. The van der Waals surface area contributed by atoms with Crippen LogP contribution in [-0.4, -0.2) is 27.2 Å². The number of aromatic nitrogens is 4. The van der Waals surface area contributed by atoms with E-state index < -0.39 is 5.82 Å². The maximum absolute atomic E-state index is 14.3. The molecule has 0 fully saturated rings. The summed E-state index contributed by atoms with van der Waals surface area (Å²) in [5, 5.41) is 11.3. The third kappa shape index (κ3) is 2.95. The van der Waals surface area contributed by atoms with Gasteiger partial charge in [-0.25, -0.2) is 9.37 Å². The lowest BCUT2D eigenvalue weighted by Crippen LogP contribution is -2.14. The van der Waals surface area contributed by atoms with E-state index >= 15 is 0 Å². The van der Waals surface area contributed by atoms with E-state index in [1.165, 1.54) is 0 Å². The number of H-pyrrole nitrogens is 1. The second-order valence-electron chi connectivity index (χ2n) is 5.88. The standard InChI is InChI=1S/C19H16FN6/c1-12-15-9-8-14(10-17(15)25-24-12)26(2)18-16(20)11-21-19(23-18)22-13-6-4-3-5-7-13/h4-11H,1-2H3,(H,24,25)(H,21,22,23). The maximum Gasteiger partial charge on any atom is 0.229 e. The first-order valence-corrected chi connectivity index (χ1v) is 8.06. The largest absolute Gasteiger partial charge is 0.327 e. The molecule has 0 amide bonds. The molecule has 0 aliphatic heterocycles. The van der Waals surface area contributed by atoms with Crippen molar-refractivity contribution in [3.8, 4) is 0 Å². The van der Waals surface area contributed by atoms with E-state index in [0.29, 0.717) is 5.95 Å². The third-order valence-electron chi connectivity index (χ3n) is 4.14. The third-order valence-corrected chi connectivity index (χ3v) is 4.14. The van der Waals surface area contributed by atoms with E-state index in [0.717, 1.165) is 34.2 Å². The Morgan fingerprint density at radius 1 is 1.19 bits per heavy atom. The van der Waals surface area contributed by atoms with Crippen LogP contribution in [-0.2, 0) is 0 Å². The number of fused-ring (bicyclic) bond motifs is 1. The van der Waals surface area contributed by atoms with Gasteiger partial charge in [0.05, 0.1) is 17.4 Å². The Labute approximate surface area is 149 Å². The normalized spacial score (nSPS) is 10.9. The Kier molecular flexibility index (Phi) is 3.96. The van der Waals surface area contributed by atoms with Gasteiger partial charge in [0.2, 0.25) is 5.95 Å². The van der Waals surface area contributed by atoms with Crippen LogP contribution in [0.25, 0.3) is 10.9 Å². The Bertz CT molecular complexity index is 1060. The Morgan fingerprint density at radius 2 is 2.00 bits per heavy atom. The molecule has 129 valence electrons. The SMILES string of the molecule is Cc1n[nH]c2cc(N(C)c3nc(Nc4cc[c]cc4)ncc3F)ccc12. The monoisotopic (exact) mass is 347 g/mol. The van der Waals surface area contributed by atoms with Gasteiger partial charge in [-0.1, -0.05) is 12.1 Å². The van der Waals surface area contributed by atoms with Crippen LogP contribution >= 0.6 is 0 Å². The van der Waals surface area contributed by atoms with E-state index in [-0.39, 0.29) is 5.82 Å². The minimum absolute atomic E-state index is 0.181. The fourth-order valence-electron chi connectivity index (χ4n) is 2.73. The number of anilines is 4. The molecule has 2 aromatic carbocycles. The van der Waals surface area contributed by atoms with Crippen LogP contribution in [0.5, 0.6) is 0 Å². The van der Waals surface area contributed by atoms with Crippen LogP contribution in [0.15, 0.2) is 48.7 Å². The van der Waals surface area contributed by atoms with Crippen molar-refractivity contribution < 1.29 is 4.39 Å². The quantitative estimate of drug-likeness (QED) is 0.581. The average Bonchev–Trinajstić information content (AvgIpc) is 3.04. The molecule has 0 spiro atoms. The number of nitrogens with zero attached hydrogens (tertiary/aromatic N) is 4. The zero-order chi connectivity index (χ0) is 18.1. The molecular weight excluding hydrogens is 331 g/mol. The highest BCUT2D eigenvalue weighted by molar-refractivity contribution is 5.85. The summed E-state index contributed by atoms with van der Waals surface area (Å²) in [4.78, 5) is 10.0. The van der Waals surface area contributed by atoms with Crippen molar-refractivity contribution in [1.82, 2.24) is 20.2 Å². The molecule has 2 N–H and O–H groups in total. The van der Waals surface area contributed by atoms with Crippen LogP contribution in [0, 0.1) is 18.8 Å². The van der Waals surface area contributed by atoms with Gasteiger partial charge >= 0.3 is 0 Å². The number of halogens is 1. The average molecular weight is 347 g/mol. The second-order valence-corrected chi connectivity index (χ2v) is 5.88. The Hall–Kier alpha value is -3.48. The molecule has 4 aromatic rings. The second kappa shape index (κ2) is 6.44. The van der Waals surface area contributed by atoms with Crippen LogP contribution in [0.4, 0.5) is 27.5 Å². The summed E-state index contributed by atoms with van der Waals surface area (Å²) in [6, 6.07) is 16.0. The molecular formula is C19H16FN6. The maximum atomic E-state index is 14.3. The number of hydrogen-bond acceptors (Lipinski definition) is 5. The van der Waals surface area contributed by atoms with Crippen molar-refractivity contribution in [1.29, 1.82) is 0 Å². The summed E-state index contributed by atoms with van der Waals surface area (Å²) < 4.78 is 14.3. The molecule has 2 aromatic heterocycles. The molecule has 0 atom stereocenters. The summed E-state index contributed by atoms with van der Waals surface area (Å²) >= 11 is 0. The zero-order valence-electron chi connectivity index (χ0n) is 14.3. The van der Waals surface area contributed by atoms with Gasteiger partial charge in [-0.15, -0.1) is 0 Å². The predicted octanol–water partition coefficient (Wildman–Crippen LogP) is 4.11. The van der Waals surface area contributed by atoms with Gasteiger partial charge < -0.3 is 10.2 Å². The van der Waals surface area contributed by atoms with E-state index in [1.807, 2.05) is 37.3 Å². The van der Waals surface area contributed by atoms with Gasteiger partial charge in [0.15, 0.2) is 11.6 Å². The first-order chi connectivity index (χ1) is 12.6. The summed E-state index contributed by atoms with van der Waals surface area (Å²) in [7, 11) is 1.76. The molecule has 26 heavy (non-hydrogen) atoms. The molecule has 0 saturated heterocycles. The van der Waals surface area contributed by atoms with E-state index in [1.54, 1.807) is 24.1 Å². The van der Waals surface area contributed by atoms with Crippen molar-refractivity contribution >= 4 is 34.0 Å². The highest BCUT2D eigenvalue weighted by Crippen LogP contribution is 2.28. The first-order valence-electron chi connectivity index (χ1n) is 8.06. The molecule has 2 heterocycles. The van der Waals surface area contributed by atoms with E-state index in [9.17, 15) is 4.39 Å². The van der Waals surface area contributed by atoms with Crippen LogP contribution in [0.1, 0.15) is 5.69 Å². The van der Waals surface area contributed by atoms with Gasteiger partial charge in [-0.05, 0) is 43.3 Å². The summed E-state index contributed by atoms with van der Waals surface area (Å²) in [6.07, 6.45) is 1.16. The molecule has 0 bridgehead atoms. The van der Waals surface area contributed by atoms with E-state index in [2.05, 4.69) is 31.5 Å². The summed E-state index contributed by atoms with van der Waals surface area (Å²) in [6.45, 7) is 1.94. The van der Waals surface area contributed by atoms with Crippen molar-refractivity contribution in [2.24, 2.45) is 0 Å².